The molecule has 0 N–H and O–H groups in total. The summed E-state index contributed by atoms with van der Waals surface area (Å²) in [6, 6.07) is 28.4. The lowest BCUT2D eigenvalue weighted by Crippen LogP contribution is -2.26. The molecule has 9 nitrogen and oxygen atoms in total. The van der Waals surface area contributed by atoms with E-state index in [4.69, 9.17) is 14.2 Å². The number of halogens is 5. The molecule has 63 heavy (non-hydrogen) atoms. The Kier molecular flexibility index (Phi) is 14.7. The van der Waals surface area contributed by atoms with Crippen molar-refractivity contribution in [3.63, 3.8) is 0 Å². The summed E-state index contributed by atoms with van der Waals surface area (Å²) in [5.41, 5.74) is 4.77. The Bertz CT molecular complexity index is 2690. The fraction of sp³-hybridized carbons (Fsp3) is 0.163. The van der Waals surface area contributed by atoms with Gasteiger partial charge in [0.15, 0.2) is 0 Å². The molecule has 0 unspecified atom stereocenters. The number of fused-ring (bicyclic) bond motifs is 3. The van der Waals surface area contributed by atoms with E-state index in [9.17, 15) is 31.9 Å². The van der Waals surface area contributed by atoms with E-state index >= 15 is 0 Å². The fourth-order valence-electron chi connectivity index (χ4n) is 7.21. The molecule has 5 aromatic carbocycles. The van der Waals surface area contributed by atoms with Crippen LogP contribution in [-0.4, -0.2) is 42.5 Å². The smallest absolute Gasteiger partial charge is 0.416 e. The predicted octanol–water partition coefficient (Wildman–Crippen LogP) is 11.1. The number of aromatic nitrogens is 1. The normalized spacial score (nSPS) is 12.5. The van der Waals surface area contributed by atoms with Gasteiger partial charge in [-0.3, -0.25) is 19.0 Å². The number of alkyl halides is 3. The van der Waals surface area contributed by atoms with Gasteiger partial charge in [0.25, 0.3) is 5.91 Å². The van der Waals surface area contributed by atoms with Crippen LogP contribution in [0.15, 0.2) is 152 Å². The van der Waals surface area contributed by atoms with E-state index in [0.717, 1.165) is 69.0 Å². The zero-order valence-electron chi connectivity index (χ0n) is 34.2. The summed E-state index contributed by atoms with van der Waals surface area (Å²) >= 11 is 3.10. The van der Waals surface area contributed by atoms with Crippen LogP contribution in [0.1, 0.15) is 32.6 Å². The van der Waals surface area contributed by atoms with Gasteiger partial charge in [0.05, 0.1) is 29.6 Å². The van der Waals surface area contributed by atoms with Crippen molar-refractivity contribution in [3.05, 3.63) is 185 Å². The third-order valence-electron chi connectivity index (χ3n) is 10.1. The van der Waals surface area contributed by atoms with Gasteiger partial charge in [-0.2, -0.15) is 13.2 Å². The average molecular weight is 925 g/mol. The van der Waals surface area contributed by atoms with Crippen LogP contribution in [0.2, 0.25) is 0 Å². The first-order valence-corrected chi connectivity index (χ1v) is 20.3. The molecule has 8 rings (SSSR count). The number of benzene rings is 5. The number of rotatable bonds is 10. The SMILES string of the molecule is C=CC(=O)N1CCc2c(OCc3cc(Br)cc(C(F)(F)F)c3)cccc21.C=CC(=O)N1CCc2c(OCc3cccc(F)c3)cccc21.C=CC(=O)n1ccc2c(OC)cccc21. The van der Waals surface area contributed by atoms with Gasteiger partial charge in [-0.15, -0.1) is 0 Å². The van der Waals surface area contributed by atoms with Crippen LogP contribution in [-0.2, 0) is 41.8 Å². The molecular weight excluding hydrogens is 882 g/mol. The molecule has 2 amide bonds. The summed E-state index contributed by atoms with van der Waals surface area (Å²) in [6.45, 7) is 11.9. The molecule has 0 aliphatic carbocycles. The van der Waals surface area contributed by atoms with Crippen LogP contribution in [0.3, 0.4) is 0 Å². The zero-order valence-corrected chi connectivity index (χ0v) is 35.8. The van der Waals surface area contributed by atoms with Crippen molar-refractivity contribution < 1.29 is 46.2 Å². The number of nitrogens with zero attached hydrogens (tertiary/aromatic N) is 3. The van der Waals surface area contributed by atoms with Crippen molar-refractivity contribution in [2.45, 2.75) is 32.2 Å². The highest BCUT2D eigenvalue weighted by molar-refractivity contribution is 9.10. The second-order valence-corrected chi connectivity index (χ2v) is 15.0. The molecule has 2 aliphatic heterocycles. The molecule has 0 saturated heterocycles. The van der Waals surface area contributed by atoms with Crippen molar-refractivity contribution in [1.82, 2.24) is 4.57 Å². The first-order valence-electron chi connectivity index (χ1n) is 19.6. The van der Waals surface area contributed by atoms with Gasteiger partial charge in [0, 0.05) is 40.3 Å². The Morgan fingerprint density at radius 3 is 1.76 bits per heavy atom. The molecule has 0 atom stereocenters. The number of carbonyl (C=O) groups is 3. The maximum absolute atomic E-state index is 13.2. The van der Waals surface area contributed by atoms with E-state index in [-0.39, 0.29) is 30.1 Å². The maximum atomic E-state index is 13.2. The third-order valence-corrected chi connectivity index (χ3v) is 10.6. The van der Waals surface area contributed by atoms with Crippen LogP contribution >= 0.6 is 15.9 Å². The number of allylic oxidation sites excluding steroid dienone is 1. The van der Waals surface area contributed by atoms with Crippen molar-refractivity contribution in [2.24, 2.45) is 0 Å². The van der Waals surface area contributed by atoms with Crippen molar-refractivity contribution in [2.75, 3.05) is 30.0 Å². The summed E-state index contributed by atoms with van der Waals surface area (Å²) in [5, 5.41) is 0.926. The molecule has 2 aliphatic rings. The molecule has 324 valence electrons. The van der Waals surface area contributed by atoms with E-state index in [2.05, 4.69) is 35.7 Å². The second kappa shape index (κ2) is 20.3. The lowest BCUT2D eigenvalue weighted by Gasteiger charge is -2.16. The predicted molar refractivity (Wildman–Crippen MR) is 239 cm³/mol. The third kappa shape index (κ3) is 10.8. The van der Waals surface area contributed by atoms with Gasteiger partial charge in [0.2, 0.25) is 11.8 Å². The van der Waals surface area contributed by atoms with Crippen LogP contribution < -0.4 is 24.0 Å². The van der Waals surface area contributed by atoms with Gasteiger partial charge >= 0.3 is 6.18 Å². The zero-order chi connectivity index (χ0) is 45.3. The topological polar surface area (TPSA) is 90.3 Å². The van der Waals surface area contributed by atoms with E-state index in [1.165, 1.54) is 30.4 Å². The number of hydrogen-bond acceptors (Lipinski definition) is 6. The van der Waals surface area contributed by atoms with E-state index in [0.29, 0.717) is 41.9 Å². The molecule has 1 aromatic heterocycles. The molecule has 6 aromatic rings. The molecule has 3 heterocycles. The molecule has 14 heteroatoms. The van der Waals surface area contributed by atoms with Crippen LogP contribution in [0.25, 0.3) is 10.9 Å². The number of carbonyl (C=O) groups excluding carboxylic acids is 3. The number of anilines is 2. The summed E-state index contributed by atoms with van der Waals surface area (Å²) in [7, 11) is 1.61. The van der Waals surface area contributed by atoms with Gasteiger partial charge in [0.1, 0.15) is 36.3 Å². The Morgan fingerprint density at radius 1 is 0.683 bits per heavy atom. The number of hydrogen-bond donors (Lipinski definition) is 0. The van der Waals surface area contributed by atoms with Crippen LogP contribution in [0.5, 0.6) is 17.2 Å². The van der Waals surface area contributed by atoms with Crippen molar-refractivity contribution in [1.29, 1.82) is 0 Å². The summed E-state index contributed by atoms with van der Waals surface area (Å²) in [4.78, 5) is 38.5. The lowest BCUT2D eigenvalue weighted by molar-refractivity contribution is -0.137. The number of amides is 2. The van der Waals surface area contributed by atoms with E-state index in [1.54, 1.807) is 51.9 Å². The van der Waals surface area contributed by atoms with Crippen molar-refractivity contribution in [3.8, 4) is 17.2 Å². The Balaban J connectivity index is 0.000000163. The Morgan fingerprint density at radius 2 is 1.22 bits per heavy atom. The first kappa shape index (κ1) is 45.6. The quantitative estimate of drug-likeness (QED) is 0.100. The summed E-state index contributed by atoms with van der Waals surface area (Å²) in [6.07, 6.45) is 2.53. The molecule has 0 bridgehead atoms. The monoisotopic (exact) mass is 923 g/mol. The largest absolute Gasteiger partial charge is 0.496 e. The Hall–Kier alpha value is -6.93. The van der Waals surface area contributed by atoms with E-state index < -0.39 is 11.7 Å². The molecular formula is C49H42BrF4N3O6. The number of ether oxygens (including phenoxy) is 3. The number of methoxy groups -OCH3 is 1. The second-order valence-electron chi connectivity index (χ2n) is 14.1. The fourth-order valence-corrected chi connectivity index (χ4v) is 7.75. The average Bonchev–Trinajstić information content (AvgIpc) is 4.05. The summed E-state index contributed by atoms with van der Waals surface area (Å²) in [5.74, 6) is 1.35. The van der Waals surface area contributed by atoms with Crippen LogP contribution in [0, 0.1) is 5.82 Å². The molecule has 0 spiro atoms. The minimum absolute atomic E-state index is 0.00558. The van der Waals surface area contributed by atoms with Gasteiger partial charge < -0.3 is 24.0 Å². The standard InChI is InChI=1S/C19H15BrF3NO2.C18H16FNO2.C12H11NO2/c1-2-18(25)24-7-6-15-16(24)4-3-5-17(15)26-11-12-8-13(19(21,22)23)10-14(20)9-12;1-2-18(21)20-10-9-15-16(20)7-4-8-17(15)22-12-13-5-3-6-14(19)11-13;1-3-12(14)13-8-7-9-10(13)5-4-6-11(9)15-2/h2-5,8-10H,1,6-7,11H2;2-8,11H,1,9-10,12H2;3-8H,1H2,2H3. The molecule has 0 radical (unpaired) electrons. The van der Waals surface area contributed by atoms with Crippen molar-refractivity contribution >= 4 is 55.9 Å². The molecule has 0 saturated carbocycles. The molecule has 0 fully saturated rings. The first-order chi connectivity index (χ1) is 30.3. The minimum atomic E-state index is -4.42. The maximum Gasteiger partial charge on any atom is 0.416 e. The lowest BCUT2D eigenvalue weighted by atomic mass is 10.1. The minimum Gasteiger partial charge on any atom is -0.496 e. The highest BCUT2D eigenvalue weighted by Gasteiger charge is 2.31. The highest BCUT2D eigenvalue weighted by atomic mass is 79.9. The van der Waals surface area contributed by atoms with Gasteiger partial charge in [-0.25, -0.2) is 4.39 Å². The summed E-state index contributed by atoms with van der Waals surface area (Å²) < 4.78 is 70.7. The van der Waals surface area contributed by atoms with Gasteiger partial charge in [-0.1, -0.05) is 66.0 Å². The van der Waals surface area contributed by atoms with Gasteiger partial charge in [-0.05, 0) is 115 Å². The van der Waals surface area contributed by atoms with Crippen LogP contribution in [0.4, 0.5) is 28.9 Å². The van der Waals surface area contributed by atoms with E-state index in [1.807, 2.05) is 54.6 Å². The Labute approximate surface area is 370 Å². The highest BCUT2D eigenvalue weighted by Crippen LogP contribution is 2.38.